The third-order valence-corrected chi connectivity index (χ3v) is 4.19. The van der Waals surface area contributed by atoms with Crippen LogP contribution in [0.15, 0.2) is 47.4 Å². The van der Waals surface area contributed by atoms with Gasteiger partial charge in [0, 0.05) is 24.7 Å². The molecule has 3 rings (SSSR count). The number of halogens is 3. The summed E-state index contributed by atoms with van der Waals surface area (Å²) >= 11 is 0. The Morgan fingerprint density at radius 2 is 1.83 bits per heavy atom. The van der Waals surface area contributed by atoms with E-state index in [1.54, 1.807) is 25.1 Å². The van der Waals surface area contributed by atoms with Gasteiger partial charge in [-0.2, -0.15) is 18.3 Å². The number of fused-ring (bicyclic) bond motifs is 1. The average Bonchev–Trinajstić information content (AvgIpc) is 2.69. The number of hydrogen-bond donors (Lipinski definition) is 2. The summed E-state index contributed by atoms with van der Waals surface area (Å²) in [6.07, 6.45) is -3.70. The number of aryl methyl sites for hydroxylation is 1. The van der Waals surface area contributed by atoms with Gasteiger partial charge in [-0.3, -0.25) is 9.59 Å². The molecule has 2 N–H and O–H groups in total. The number of nitrogens with zero attached hydrogens (tertiary/aromatic N) is 3. The van der Waals surface area contributed by atoms with Gasteiger partial charge in [0.25, 0.3) is 5.56 Å². The summed E-state index contributed by atoms with van der Waals surface area (Å²) in [5, 5.41) is 10.8. The van der Waals surface area contributed by atoms with Gasteiger partial charge < -0.3 is 10.6 Å². The molecule has 2 aromatic heterocycles. The Morgan fingerprint density at radius 1 is 1.10 bits per heavy atom. The molecular weight excluding hydrogens is 387 g/mol. The number of hydrogen-bond acceptors (Lipinski definition) is 5. The molecule has 152 valence electrons. The molecule has 0 radical (unpaired) electrons. The first kappa shape index (κ1) is 20.3. The molecule has 0 aliphatic heterocycles. The van der Waals surface area contributed by atoms with Crippen LogP contribution in [0, 0.1) is 6.92 Å². The highest BCUT2D eigenvalue weighted by atomic mass is 19.4. The maximum Gasteiger partial charge on any atom is 0.417 e. The molecule has 0 fully saturated rings. The SMILES string of the molecule is Cc1nn(CC(=O)NCCNc2ccc(C(F)(F)F)cn2)c(=O)c2ccccc12. The minimum Gasteiger partial charge on any atom is -0.368 e. The van der Waals surface area contributed by atoms with Gasteiger partial charge in [0.2, 0.25) is 5.91 Å². The van der Waals surface area contributed by atoms with Crippen molar-refractivity contribution in [1.29, 1.82) is 0 Å². The number of pyridine rings is 1. The molecule has 0 saturated heterocycles. The average molecular weight is 405 g/mol. The van der Waals surface area contributed by atoms with Gasteiger partial charge >= 0.3 is 6.18 Å². The first-order valence-electron chi connectivity index (χ1n) is 8.76. The number of aromatic nitrogens is 3. The molecule has 0 saturated carbocycles. The van der Waals surface area contributed by atoms with Crippen molar-refractivity contribution in [3.63, 3.8) is 0 Å². The van der Waals surface area contributed by atoms with E-state index in [-0.39, 0.29) is 31.0 Å². The van der Waals surface area contributed by atoms with E-state index in [4.69, 9.17) is 0 Å². The lowest BCUT2D eigenvalue weighted by Gasteiger charge is -2.11. The Kier molecular flexibility index (Phi) is 5.81. The third-order valence-electron chi connectivity index (χ3n) is 4.19. The number of benzene rings is 1. The van der Waals surface area contributed by atoms with E-state index in [0.29, 0.717) is 11.1 Å². The van der Waals surface area contributed by atoms with Crippen molar-refractivity contribution in [3.8, 4) is 0 Å². The third kappa shape index (κ3) is 4.89. The first-order valence-corrected chi connectivity index (χ1v) is 8.76. The predicted molar refractivity (Wildman–Crippen MR) is 101 cm³/mol. The van der Waals surface area contributed by atoms with Crippen molar-refractivity contribution in [2.75, 3.05) is 18.4 Å². The summed E-state index contributed by atoms with van der Waals surface area (Å²) in [4.78, 5) is 28.2. The van der Waals surface area contributed by atoms with Crippen LogP contribution >= 0.6 is 0 Å². The van der Waals surface area contributed by atoms with Crippen LogP contribution < -0.4 is 16.2 Å². The zero-order valence-electron chi connectivity index (χ0n) is 15.5. The fourth-order valence-electron chi connectivity index (χ4n) is 2.76. The van der Waals surface area contributed by atoms with Crippen LogP contribution in [0.3, 0.4) is 0 Å². The van der Waals surface area contributed by atoms with Crippen LogP contribution in [0.5, 0.6) is 0 Å². The van der Waals surface area contributed by atoms with Crippen LogP contribution in [0.1, 0.15) is 11.3 Å². The van der Waals surface area contributed by atoms with E-state index < -0.39 is 17.6 Å². The monoisotopic (exact) mass is 405 g/mol. The number of carbonyl (C=O) groups excluding carboxylic acids is 1. The second kappa shape index (κ2) is 8.29. The number of nitrogens with one attached hydrogen (secondary N) is 2. The molecular formula is C19H18F3N5O2. The molecule has 0 aliphatic carbocycles. The highest BCUT2D eigenvalue weighted by molar-refractivity contribution is 5.83. The van der Waals surface area contributed by atoms with Crippen LogP contribution in [0.2, 0.25) is 0 Å². The zero-order chi connectivity index (χ0) is 21.0. The standard InChI is InChI=1S/C19H18F3N5O2/c1-12-14-4-2-3-5-15(14)18(29)27(26-12)11-17(28)24-9-8-23-16-7-6-13(10-25-16)19(20,21)22/h2-7,10H,8-9,11H2,1H3,(H,23,25)(H,24,28). The summed E-state index contributed by atoms with van der Waals surface area (Å²) < 4.78 is 38.6. The number of carbonyl (C=O) groups is 1. The lowest BCUT2D eigenvalue weighted by atomic mass is 10.1. The van der Waals surface area contributed by atoms with Crippen molar-refractivity contribution in [2.24, 2.45) is 0 Å². The highest BCUT2D eigenvalue weighted by Gasteiger charge is 2.30. The van der Waals surface area contributed by atoms with E-state index in [1.165, 1.54) is 6.07 Å². The van der Waals surface area contributed by atoms with Crippen molar-refractivity contribution >= 4 is 22.5 Å². The first-order chi connectivity index (χ1) is 13.8. The van der Waals surface area contributed by atoms with Gasteiger partial charge in [-0.1, -0.05) is 18.2 Å². The van der Waals surface area contributed by atoms with Gasteiger partial charge in [0.15, 0.2) is 0 Å². The normalized spacial score (nSPS) is 11.4. The van der Waals surface area contributed by atoms with Gasteiger partial charge in [0.1, 0.15) is 12.4 Å². The molecule has 3 aromatic rings. The van der Waals surface area contributed by atoms with Gasteiger partial charge in [-0.25, -0.2) is 9.67 Å². The smallest absolute Gasteiger partial charge is 0.368 e. The van der Waals surface area contributed by atoms with Crippen LogP contribution in [-0.2, 0) is 17.5 Å². The number of anilines is 1. The van der Waals surface area contributed by atoms with E-state index in [1.807, 2.05) is 6.07 Å². The van der Waals surface area contributed by atoms with Crippen molar-refractivity contribution in [3.05, 3.63) is 64.2 Å². The lowest BCUT2D eigenvalue weighted by Crippen LogP contribution is -2.36. The second-order valence-corrected chi connectivity index (χ2v) is 6.30. The Morgan fingerprint density at radius 3 is 2.48 bits per heavy atom. The Labute approximate surface area is 163 Å². The maximum absolute atomic E-state index is 12.5. The van der Waals surface area contributed by atoms with E-state index >= 15 is 0 Å². The van der Waals surface area contributed by atoms with Gasteiger partial charge in [0.05, 0.1) is 16.6 Å². The van der Waals surface area contributed by atoms with E-state index in [2.05, 4.69) is 20.7 Å². The van der Waals surface area contributed by atoms with Crippen LogP contribution in [0.4, 0.5) is 19.0 Å². The Bertz CT molecular complexity index is 1080. The summed E-state index contributed by atoms with van der Waals surface area (Å²) in [6, 6.07) is 9.17. The number of alkyl halides is 3. The number of rotatable bonds is 6. The predicted octanol–water partition coefficient (Wildman–Crippen LogP) is 2.35. The molecule has 29 heavy (non-hydrogen) atoms. The van der Waals surface area contributed by atoms with Gasteiger partial charge in [-0.15, -0.1) is 0 Å². The quantitative estimate of drug-likeness (QED) is 0.615. The minimum atomic E-state index is -4.44. The van der Waals surface area contributed by atoms with E-state index in [0.717, 1.165) is 22.3 Å². The van der Waals surface area contributed by atoms with Crippen molar-refractivity contribution in [1.82, 2.24) is 20.1 Å². The summed E-state index contributed by atoms with van der Waals surface area (Å²) in [5.41, 5.74) is -0.545. The molecule has 0 unspecified atom stereocenters. The lowest BCUT2D eigenvalue weighted by molar-refractivity contribution is -0.137. The molecule has 1 aromatic carbocycles. The summed E-state index contributed by atoms with van der Waals surface area (Å²) in [5.74, 6) is -0.147. The van der Waals surface area contributed by atoms with Crippen molar-refractivity contribution < 1.29 is 18.0 Å². The zero-order valence-corrected chi connectivity index (χ0v) is 15.5. The molecule has 0 aliphatic rings. The number of amides is 1. The fourth-order valence-corrected chi connectivity index (χ4v) is 2.76. The molecule has 1 amide bonds. The van der Waals surface area contributed by atoms with Gasteiger partial charge in [-0.05, 0) is 25.1 Å². The van der Waals surface area contributed by atoms with Crippen molar-refractivity contribution in [2.45, 2.75) is 19.6 Å². The molecule has 2 heterocycles. The van der Waals surface area contributed by atoms with E-state index in [9.17, 15) is 22.8 Å². The highest BCUT2D eigenvalue weighted by Crippen LogP contribution is 2.28. The molecule has 10 heteroatoms. The molecule has 0 spiro atoms. The Balaban J connectivity index is 1.52. The Hall–Kier alpha value is -3.43. The fraction of sp³-hybridized carbons (Fsp3) is 0.263. The summed E-state index contributed by atoms with van der Waals surface area (Å²) in [7, 11) is 0. The minimum absolute atomic E-state index is 0.197. The second-order valence-electron chi connectivity index (χ2n) is 6.30. The molecule has 0 bridgehead atoms. The molecule has 7 nitrogen and oxygen atoms in total. The van der Waals surface area contributed by atoms with Crippen LogP contribution in [0.25, 0.3) is 10.8 Å². The largest absolute Gasteiger partial charge is 0.417 e. The topological polar surface area (TPSA) is 88.9 Å². The maximum atomic E-state index is 12.5. The molecule has 0 atom stereocenters. The summed E-state index contributed by atoms with van der Waals surface area (Å²) in [6.45, 7) is 1.98. The van der Waals surface area contributed by atoms with Crippen LogP contribution in [-0.4, -0.2) is 33.8 Å².